The van der Waals surface area contributed by atoms with Gasteiger partial charge in [-0.05, 0) is 139 Å². The molecule has 0 atom stereocenters. The lowest BCUT2D eigenvalue weighted by atomic mass is 9.70. The molecule has 1 aromatic heterocycles. The second-order valence-electron chi connectivity index (χ2n) is 18.8. The van der Waals surface area contributed by atoms with Crippen LogP contribution < -0.4 is 4.90 Å². The van der Waals surface area contributed by atoms with E-state index in [9.17, 15) is 0 Å². The highest BCUT2D eigenvalue weighted by molar-refractivity contribution is 6.13. The summed E-state index contributed by atoms with van der Waals surface area (Å²) in [6.45, 7) is 4.74. The molecule has 0 N–H and O–H groups in total. The number of para-hydroxylation sites is 1. The molecule has 0 amide bonds. The Morgan fingerprint density at radius 1 is 0.318 bits per heavy atom. The molecule has 0 aliphatic heterocycles. The van der Waals surface area contributed by atoms with Gasteiger partial charge in [-0.2, -0.15) is 0 Å². The molecule has 0 bridgehead atoms. The zero-order valence-electron chi connectivity index (χ0n) is 36.8. The largest absolute Gasteiger partial charge is 0.310 e. The van der Waals surface area contributed by atoms with Crippen molar-refractivity contribution in [1.82, 2.24) is 4.57 Å². The molecule has 10 aromatic carbocycles. The van der Waals surface area contributed by atoms with E-state index in [1.54, 1.807) is 0 Å². The summed E-state index contributed by atoms with van der Waals surface area (Å²) in [5, 5.41) is 2.49. The van der Waals surface area contributed by atoms with Gasteiger partial charge in [-0.15, -0.1) is 0 Å². The molecule has 3 aliphatic rings. The highest BCUT2D eigenvalue weighted by atomic mass is 15.1. The Kier molecular flexibility index (Phi) is 7.70. The molecule has 0 fully saturated rings. The zero-order chi connectivity index (χ0) is 43.7. The second-order valence-corrected chi connectivity index (χ2v) is 18.8. The Labute approximate surface area is 385 Å². The molecule has 2 nitrogen and oxygen atoms in total. The predicted molar refractivity (Wildman–Crippen MR) is 275 cm³/mol. The molecule has 0 saturated carbocycles. The van der Waals surface area contributed by atoms with Gasteiger partial charge in [0, 0.05) is 38.9 Å². The van der Waals surface area contributed by atoms with Crippen LogP contribution in [0.4, 0.5) is 17.1 Å². The number of hydrogen-bond donors (Lipinski definition) is 0. The van der Waals surface area contributed by atoms with Crippen LogP contribution in [-0.2, 0) is 10.8 Å². The van der Waals surface area contributed by atoms with E-state index in [0.717, 1.165) is 22.7 Å². The van der Waals surface area contributed by atoms with Gasteiger partial charge < -0.3 is 9.47 Å². The topological polar surface area (TPSA) is 8.17 Å². The number of fused-ring (bicyclic) bond motifs is 16. The summed E-state index contributed by atoms with van der Waals surface area (Å²) in [6.07, 6.45) is 0. The molecule has 2 heteroatoms. The van der Waals surface area contributed by atoms with Crippen LogP contribution in [0.15, 0.2) is 231 Å². The zero-order valence-corrected chi connectivity index (χ0v) is 36.8. The molecular weight excluding hydrogens is 797 g/mol. The third-order valence-electron chi connectivity index (χ3n) is 15.2. The maximum atomic E-state index is 2.55. The lowest BCUT2D eigenvalue weighted by molar-refractivity contribution is 0.660. The summed E-state index contributed by atoms with van der Waals surface area (Å²) < 4.78 is 2.50. The SMILES string of the molecule is CC1(C)c2ccccc2-c2ccc(N(c3ccc(-c4ccccc4)cc3)c3ccc4c5cc6c(cc5n(-c5ccccc5)c4c3)-c3ccccc3C63c4ccccc4-c4ccccc43)cc21. The van der Waals surface area contributed by atoms with E-state index in [1.807, 2.05) is 0 Å². The first-order valence-electron chi connectivity index (χ1n) is 23.2. The van der Waals surface area contributed by atoms with Crippen LogP contribution in [0, 0.1) is 0 Å². The summed E-state index contributed by atoms with van der Waals surface area (Å²) in [5.74, 6) is 0. The highest BCUT2D eigenvalue weighted by Gasteiger charge is 2.51. The van der Waals surface area contributed by atoms with Gasteiger partial charge in [0.15, 0.2) is 0 Å². The van der Waals surface area contributed by atoms with Gasteiger partial charge in [0.1, 0.15) is 0 Å². The van der Waals surface area contributed by atoms with Crippen molar-refractivity contribution in [2.75, 3.05) is 4.90 Å². The minimum atomic E-state index is -0.419. The van der Waals surface area contributed by atoms with Crippen molar-refractivity contribution < 1.29 is 0 Å². The van der Waals surface area contributed by atoms with Gasteiger partial charge in [0.2, 0.25) is 0 Å². The molecule has 3 aliphatic carbocycles. The fourth-order valence-electron chi connectivity index (χ4n) is 12.3. The fraction of sp³-hybridized carbons (Fsp3) is 0.0625. The molecule has 66 heavy (non-hydrogen) atoms. The van der Waals surface area contributed by atoms with Gasteiger partial charge in [0.05, 0.1) is 16.4 Å². The van der Waals surface area contributed by atoms with Crippen molar-refractivity contribution in [1.29, 1.82) is 0 Å². The van der Waals surface area contributed by atoms with Gasteiger partial charge in [-0.1, -0.05) is 184 Å². The summed E-state index contributed by atoms with van der Waals surface area (Å²) in [6, 6.07) is 86.2. The van der Waals surface area contributed by atoms with E-state index in [1.165, 1.54) is 99.7 Å². The van der Waals surface area contributed by atoms with Gasteiger partial charge in [-0.3, -0.25) is 0 Å². The van der Waals surface area contributed by atoms with Crippen LogP contribution in [0.3, 0.4) is 0 Å². The summed E-state index contributed by atoms with van der Waals surface area (Å²) in [5.41, 5.74) is 24.8. The smallest absolute Gasteiger partial charge is 0.0725 e. The van der Waals surface area contributed by atoms with Crippen LogP contribution in [0.2, 0.25) is 0 Å². The van der Waals surface area contributed by atoms with Crippen molar-refractivity contribution in [3.8, 4) is 50.2 Å². The first-order chi connectivity index (χ1) is 32.5. The van der Waals surface area contributed by atoms with Crippen LogP contribution in [0.25, 0.3) is 72.0 Å². The lowest BCUT2D eigenvalue weighted by Crippen LogP contribution is -2.25. The van der Waals surface area contributed by atoms with Crippen molar-refractivity contribution in [2.24, 2.45) is 0 Å². The number of anilines is 3. The molecule has 11 aromatic rings. The van der Waals surface area contributed by atoms with Crippen molar-refractivity contribution in [2.45, 2.75) is 24.7 Å². The number of nitrogens with zero attached hydrogens (tertiary/aromatic N) is 2. The van der Waals surface area contributed by atoms with Crippen LogP contribution >= 0.6 is 0 Å². The molecule has 1 heterocycles. The van der Waals surface area contributed by atoms with E-state index >= 15 is 0 Å². The Balaban J connectivity index is 1.02. The van der Waals surface area contributed by atoms with Crippen LogP contribution in [-0.4, -0.2) is 4.57 Å². The molecule has 0 unspecified atom stereocenters. The third-order valence-corrected chi connectivity index (χ3v) is 15.2. The number of hydrogen-bond acceptors (Lipinski definition) is 1. The molecule has 0 radical (unpaired) electrons. The molecule has 0 saturated heterocycles. The second kappa shape index (κ2) is 13.7. The minimum Gasteiger partial charge on any atom is -0.310 e. The van der Waals surface area contributed by atoms with Gasteiger partial charge in [0.25, 0.3) is 0 Å². The lowest BCUT2D eigenvalue weighted by Gasteiger charge is -2.30. The summed E-state index contributed by atoms with van der Waals surface area (Å²) in [7, 11) is 0. The van der Waals surface area contributed by atoms with E-state index in [-0.39, 0.29) is 5.41 Å². The maximum Gasteiger partial charge on any atom is 0.0725 e. The normalized spacial score (nSPS) is 14.2. The molecule has 14 rings (SSSR count). The van der Waals surface area contributed by atoms with Crippen molar-refractivity contribution >= 4 is 38.9 Å². The van der Waals surface area contributed by atoms with Crippen LogP contribution in [0.1, 0.15) is 47.2 Å². The predicted octanol–water partition coefficient (Wildman–Crippen LogP) is 16.6. The molecular formula is C64H44N2. The fourth-order valence-corrected chi connectivity index (χ4v) is 12.3. The highest BCUT2D eigenvalue weighted by Crippen LogP contribution is 2.63. The summed E-state index contributed by atoms with van der Waals surface area (Å²) >= 11 is 0. The Hall–Kier alpha value is -8.20. The number of rotatable bonds is 5. The van der Waals surface area contributed by atoms with Gasteiger partial charge in [-0.25, -0.2) is 0 Å². The van der Waals surface area contributed by atoms with Gasteiger partial charge >= 0.3 is 0 Å². The average Bonchev–Trinajstić information content (AvgIpc) is 4.03. The van der Waals surface area contributed by atoms with E-state index < -0.39 is 5.41 Å². The monoisotopic (exact) mass is 840 g/mol. The first kappa shape index (κ1) is 37.2. The molecule has 310 valence electrons. The summed E-state index contributed by atoms with van der Waals surface area (Å²) in [4.78, 5) is 2.46. The van der Waals surface area contributed by atoms with E-state index in [2.05, 4.69) is 254 Å². The Morgan fingerprint density at radius 2 is 0.788 bits per heavy atom. The van der Waals surface area contributed by atoms with Crippen LogP contribution in [0.5, 0.6) is 0 Å². The maximum absolute atomic E-state index is 2.55. The third kappa shape index (κ3) is 4.96. The molecule has 1 spiro atoms. The van der Waals surface area contributed by atoms with E-state index in [4.69, 9.17) is 0 Å². The van der Waals surface area contributed by atoms with Crippen molar-refractivity contribution in [3.05, 3.63) is 264 Å². The minimum absolute atomic E-state index is 0.134. The Bertz CT molecular complexity index is 3730. The van der Waals surface area contributed by atoms with Crippen molar-refractivity contribution in [3.63, 3.8) is 0 Å². The first-order valence-corrected chi connectivity index (χ1v) is 23.2. The standard InChI is InChI=1S/C64H44N2/c1-63(2)55-25-13-9-21-47(55)51-35-33-45(37-59(51)63)65(44-31-29-42(30-32-44)41-17-5-3-6-18-41)46-34-36-52-54-39-60-53(40-62(54)66(61(52)38-46)43-19-7-4-8-20-43)50-24-12-16-28-58(50)64(60)56-26-14-10-22-48(56)49-23-11-15-27-57(49)64/h3-40H,1-2H3. The Morgan fingerprint density at radius 3 is 1.44 bits per heavy atom. The average molecular weight is 841 g/mol. The quantitative estimate of drug-likeness (QED) is 0.168. The van der Waals surface area contributed by atoms with E-state index in [0.29, 0.717) is 0 Å². The number of aromatic nitrogens is 1. The number of benzene rings is 10.